The van der Waals surface area contributed by atoms with Gasteiger partial charge in [-0.05, 0) is 45.2 Å². The second-order valence-electron chi connectivity index (χ2n) is 8.32. The Labute approximate surface area is 164 Å². The van der Waals surface area contributed by atoms with Crippen molar-refractivity contribution in [3.63, 3.8) is 0 Å². The number of carbonyl (C=O) groups excluding carboxylic acids is 2. The zero-order chi connectivity index (χ0) is 19.1. The first-order valence-electron chi connectivity index (χ1n) is 11.1. The van der Waals surface area contributed by atoms with E-state index in [4.69, 9.17) is 4.74 Å². The van der Waals surface area contributed by atoms with Gasteiger partial charge < -0.3 is 19.4 Å². The monoisotopic (exact) mass is 379 g/mol. The summed E-state index contributed by atoms with van der Waals surface area (Å²) in [5.74, 6) is 0.877. The molecule has 0 aromatic heterocycles. The third-order valence-corrected chi connectivity index (χ3v) is 6.53. The molecule has 0 N–H and O–H groups in total. The van der Waals surface area contributed by atoms with Crippen molar-refractivity contribution in [2.45, 2.75) is 64.3 Å². The van der Waals surface area contributed by atoms with Gasteiger partial charge in [0.15, 0.2) is 0 Å². The van der Waals surface area contributed by atoms with Crippen molar-refractivity contribution < 1.29 is 14.3 Å². The Morgan fingerprint density at radius 2 is 1.52 bits per heavy atom. The number of amides is 2. The molecule has 3 fully saturated rings. The highest BCUT2D eigenvalue weighted by atomic mass is 16.5. The van der Waals surface area contributed by atoms with Crippen molar-refractivity contribution in [3.8, 4) is 0 Å². The fourth-order valence-corrected chi connectivity index (χ4v) is 4.72. The zero-order valence-electron chi connectivity index (χ0n) is 17.0. The minimum Gasteiger partial charge on any atom is -0.378 e. The van der Waals surface area contributed by atoms with Gasteiger partial charge in [-0.25, -0.2) is 0 Å². The SMILES string of the molecule is CCCCCC(=O)N1CCC(N2CCC(C(=O)N3CCOCC3)CC2)CC1. The molecule has 3 rings (SSSR count). The van der Waals surface area contributed by atoms with Crippen molar-refractivity contribution in [1.29, 1.82) is 0 Å². The summed E-state index contributed by atoms with van der Waals surface area (Å²) in [6, 6.07) is 0.587. The molecule has 0 saturated carbocycles. The highest BCUT2D eigenvalue weighted by Crippen LogP contribution is 2.25. The summed E-state index contributed by atoms with van der Waals surface area (Å²) in [5, 5.41) is 0. The number of carbonyl (C=O) groups is 2. The molecule has 6 heteroatoms. The summed E-state index contributed by atoms with van der Waals surface area (Å²) < 4.78 is 5.36. The average Bonchev–Trinajstić information content (AvgIpc) is 2.74. The molecule has 3 saturated heterocycles. The number of piperidine rings is 2. The van der Waals surface area contributed by atoms with Gasteiger partial charge in [-0.2, -0.15) is 0 Å². The van der Waals surface area contributed by atoms with E-state index in [0.717, 1.165) is 77.8 Å². The molecule has 0 aliphatic carbocycles. The molecule has 3 heterocycles. The number of unbranched alkanes of at least 4 members (excludes halogenated alkanes) is 2. The van der Waals surface area contributed by atoms with Gasteiger partial charge in [-0.1, -0.05) is 19.8 Å². The molecule has 0 bridgehead atoms. The molecule has 0 atom stereocenters. The van der Waals surface area contributed by atoms with Crippen molar-refractivity contribution in [2.75, 3.05) is 52.5 Å². The summed E-state index contributed by atoms with van der Waals surface area (Å²) >= 11 is 0. The number of hydrogen-bond acceptors (Lipinski definition) is 4. The van der Waals surface area contributed by atoms with Crippen LogP contribution in [0, 0.1) is 5.92 Å². The van der Waals surface area contributed by atoms with E-state index in [1.54, 1.807) is 0 Å². The maximum absolute atomic E-state index is 12.7. The molecule has 0 aromatic carbocycles. The summed E-state index contributed by atoms with van der Waals surface area (Å²) in [6.45, 7) is 8.90. The first-order valence-corrected chi connectivity index (χ1v) is 11.1. The summed E-state index contributed by atoms with van der Waals surface area (Å²) in [4.78, 5) is 31.6. The van der Waals surface area contributed by atoms with E-state index in [1.807, 2.05) is 4.90 Å². The molecule has 3 aliphatic rings. The number of likely N-dealkylation sites (tertiary alicyclic amines) is 2. The third-order valence-electron chi connectivity index (χ3n) is 6.53. The van der Waals surface area contributed by atoms with Gasteiger partial charge in [0.25, 0.3) is 0 Å². The Balaban J connectivity index is 1.37. The molecule has 3 aliphatic heterocycles. The Morgan fingerprint density at radius 1 is 0.852 bits per heavy atom. The average molecular weight is 380 g/mol. The number of nitrogens with zero attached hydrogens (tertiary/aromatic N) is 3. The molecular weight excluding hydrogens is 342 g/mol. The third kappa shape index (κ3) is 5.67. The van der Waals surface area contributed by atoms with E-state index >= 15 is 0 Å². The Morgan fingerprint density at radius 3 is 2.15 bits per heavy atom. The first kappa shape index (κ1) is 20.6. The topological polar surface area (TPSA) is 53.1 Å². The van der Waals surface area contributed by atoms with E-state index in [1.165, 1.54) is 6.42 Å². The van der Waals surface area contributed by atoms with Crippen LogP contribution >= 0.6 is 0 Å². The molecule has 2 amide bonds. The maximum Gasteiger partial charge on any atom is 0.225 e. The molecule has 6 nitrogen and oxygen atoms in total. The van der Waals surface area contributed by atoms with Gasteiger partial charge in [-0.3, -0.25) is 9.59 Å². The predicted octanol–water partition coefficient (Wildman–Crippen LogP) is 2.13. The summed E-state index contributed by atoms with van der Waals surface area (Å²) in [7, 11) is 0. The Kier molecular flexibility index (Phi) is 7.94. The van der Waals surface area contributed by atoms with Crippen molar-refractivity contribution >= 4 is 11.8 Å². The van der Waals surface area contributed by atoms with Crippen LogP contribution in [-0.4, -0.2) is 85.0 Å². The van der Waals surface area contributed by atoms with Gasteiger partial charge in [0.1, 0.15) is 0 Å². The van der Waals surface area contributed by atoms with Crippen molar-refractivity contribution in [1.82, 2.24) is 14.7 Å². The van der Waals surface area contributed by atoms with Gasteiger partial charge in [0, 0.05) is 44.6 Å². The van der Waals surface area contributed by atoms with Gasteiger partial charge >= 0.3 is 0 Å². The number of rotatable bonds is 6. The van der Waals surface area contributed by atoms with E-state index in [9.17, 15) is 9.59 Å². The lowest BCUT2D eigenvalue weighted by Gasteiger charge is -2.42. The van der Waals surface area contributed by atoms with Crippen LogP contribution in [0.4, 0.5) is 0 Å². The molecular formula is C21H37N3O3. The van der Waals surface area contributed by atoms with Crippen LogP contribution in [0.3, 0.4) is 0 Å². The second kappa shape index (κ2) is 10.4. The van der Waals surface area contributed by atoms with Crippen LogP contribution in [0.5, 0.6) is 0 Å². The molecule has 0 spiro atoms. The smallest absolute Gasteiger partial charge is 0.225 e. The second-order valence-corrected chi connectivity index (χ2v) is 8.32. The fraction of sp³-hybridized carbons (Fsp3) is 0.905. The van der Waals surface area contributed by atoms with Crippen molar-refractivity contribution in [2.24, 2.45) is 5.92 Å². The van der Waals surface area contributed by atoms with Crippen LogP contribution in [-0.2, 0) is 14.3 Å². The molecule has 0 unspecified atom stereocenters. The van der Waals surface area contributed by atoms with Gasteiger partial charge in [0.05, 0.1) is 13.2 Å². The highest BCUT2D eigenvalue weighted by molar-refractivity contribution is 5.79. The number of hydrogen-bond donors (Lipinski definition) is 0. The molecule has 154 valence electrons. The largest absolute Gasteiger partial charge is 0.378 e. The fourth-order valence-electron chi connectivity index (χ4n) is 4.72. The number of ether oxygens (including phenoxy) is 1. The van der Waals surface area contributed by atoms with Crippen LogP contribution in [0.15, 0.2) is 0 Å². The quantitative estimate of drug-likeness (QED) is 0.664. The van der Waals surface area contributed by atoms with Crippen LogP contribution in [0.25, 0.3) is 0 Å². The maximum atomic E-state index is 12.7. The van der Waals surface area contributed by atoms with Crippen LogP contribution in [0.1, 0.15) is 58.3 Å². The lowest BCUT2D eigenvalue weighted by Crippen LogP contribution is -2.51. The van der Waals surface area contributed by atoms with Gasteiger partial charge in [0.2, 0.25) is 11.8 Å². The standard InChI is InChI=1S/C21H37N3O3/c1-2-3-4-5-20(25)23-12-8-19(9-13-23)22-10-6-18(7-11-22)21(26)24-14-16-27-17-15-24/h18-19H,2-17H2,1H3. The lowest BCUT2D eigenvalue weighted by molar-refractivity contribution is -0.141. The number of morpholine rings is 1. The Bertz CT molecular complexity index is 477. The van der Waals surface area contributed by atoms with Gasteiger partial charge in [-0.15, -0.1) is 0 Å². The molecule has 27 heavy (non-hydrogen) atoms. The minimum atomic E-state index is 0.194. The minimum absolute atomic E-state index is 0.194. The van der Waals surface area contributed by atoms with E-state index in [2.05, 4.69) is 16.7 Å². The normalized spacial score (nSPS) is 23.6. The van der Waals surface area contributed by atoms with E-state index < -0.39 is 0 Å². The van der Waals surface area contributed by atoms with E-state index in [0.29, 0.717) is 37.5 Å². The lowest BCUT2D eigenvalue weighted by atomic mass is 9.92. The molecule has 0 aromatic rings. The summed E-state index contributed by atoms with van der Waals surface area (Å²) in [5.41, 5.74) is 0. The Hall–Kier alpha value is -1.14. The van der Waals surface area contributed by atoms with Crippen LogP contribution < -0.4 is 0 Å². The highest BCUT2D eigenvalue weighted by Gasteiger charge is 2.33. The molecule has 0 radical (unpaired) electrons. The van der Waals surface area contributed by atoms with E-state index in [-0.39, 0.29) is 5.92 Å². The first-order chi connectivity index (χ1) is 13.2. The zero-order valence-corrected chi connectivity index (χ0v) is 17.0. The van der Waals surface area contributed by atoms with Crippen LogP contribution in [0.2, 0.25) is 0 Å². The van der Waals surface area contributed by atoms with Crippen molar-refractivity contribution in [3.05, 3.63) is 0 Å². The predicted molar refractivity (Wildman–Crippen MR) is 105 cm³/mol. The summed E-state index contributed by atoms with van der Waals surface area (Å²) in [6.07, 6.45) is 8.19.